The molecule has 0 unspecified atom stereocenters. The lowest BCUT2D eigenvalue weighted by Crippen LogP contribution is -2.65. The van der Waals surface area contributed by atoms with Gasteiger partial charge in [-0.15, -0.1) is 0 Å². The highest BCUT2D eigenvalue weighted by Gasteiger charge is 2.78. The predicted molar refractivity (Wildman–Crippen MR) is 136 cm³/mol. The summed E-state index contributed by atoms with van der Waals surface area (Å²) < 4.78 is 6.77. The number of aliphatic carboxylic acids is 1. The number of ketones is 1. The molecule has 4 saturated carbocycles. The number of Topliss-reactive ketones (excluding diaryl/α,β-unsaturated/α-hetero) is 1. The molecule has 0 aromatic rings. The van der Waals surface area contributed by atoms with Crippen molar-refractivity contribution in [3.63, 3.8) is 0 Å². The normalized spacial score (nSPS) is 55.5. The summed E-state index contributed by atoms with van der Waals surface area (Å²) in [5.74, 6) is -1.52. The van der Waals surface area contributed by atoms with Crippen molar-refractivity contribution in [3.8, 4) is 0 Å². The number of rotatable bonds is 2. The van der Waals surface area contributed by atoms with Crippen LogP contribution in [0.1, 0.15) is 107 Å². The molecule has 5 rings (SSSR count). The van der Waals surface area contributed by atoms with Crippen LogP contribution in [0.25, 0.3) is 0 Å². The number of carboxylic acids is 1. The minimum atomic E-state index is -1.97. The van der Waals surface area contributed by atoms with Crippen molar-refractivity contribution in [1.29, 1.82) is 0 Å². The summed E-state index contributed by atoms with van der Waals surface area (Å²) in [6, 6.07) is 0. The molecule has 0 spiro atoms. The number of aliphatic hydroxyl groups excluding tert-OH is 1. The Morgan fingerprint density at radius 2 is 1.61 bits per heavy atom. The third-order valence-electron chi connectivity index (χ3n) is 13.0. The van der Waals surface area contributed by atoms with Crippen LogP contribution in [-0.4, -0.2) is 50.0 Å². The fraction of sp³-hybridized carbons (Fsp3) is 0.933. The van der Waals surface area contributed by atoms with E-state index in [0.29, 0.717) is 12.8 Å². The zero-order chi connectivity index (χ0) is 26.9. The number of fused-ring (bicyclic) bond motifs is 5. The average Bonchev–Trinajstić information content (AvgIpc) is 3.16. The molecule has 0 amide bonds. The zero-order valence-corrected chi connectivity index (χ0v) is 23.6. The van der Waals surface area contributed by atoms with Crippen LogP contribution in [0.4, 0.5) is 0 Å². The lowest BCUT2D eigenvalue weighted by atomic mass is 9.38. The Kier molecular flexibility index (Phi) is 5.44. The van der Waals surface area contributed by atoms with Gasteiger partial charge in [0.1, 0.15) is 5.78 Å². The first-order valence-corrected chi connectivity index (χ1v) is 14.2. The van der Waals surface area contributed by atoms with Crippen molar-refractivity contribution in [3.05, 3.63) is 0 Å². The minimum absolute atomic E-state index is 0.0263. The Labute approximate surface area is 216 Å². The van der Waals surface area contributed by atoms with Gasteiger partial charge >= 0.3 is 5.97 Å². The fourth-order valence-electron chi connectivity index (χ4n) is 11.4. The zero-order valence-electron chi connectivity index (χ0n) is 23.6. The largest absolute Gasteiger partial charge is 0.479 e. The number of aliphatic hydroxyl groups is 2. The minimum Gasteiger partial charge on any atom is -0.479 e. The van der Waals surface area contributed by atoms with E-state index in [-0.39, 0.29) is 52.0 Å². The van der Waals surface area contributed by atoms with E-state index in [1.807, 2.05) is 6.92 Å². The number of carbonyl (C=O) groups excluding carboxylic acids is 1. The van der Waals surface area contributed by atoms with Crippen LogP contribution in [0.2, 0.25) is 0 Å². The van der Waals surface area contributed by atoms with Crippen LogP contribution < -0.4 is 0 Å². The number of carboxylic acid groups (broad SMARTS) is 1. The van der Waals surface area contributed by atoms with Gasteiger partial charge in [0.15, 0.2) is 5.60 Å². The molecule has 10 atom stereocenters. The smallest absolute Gasteiger partial charge is 0.336 e. The Hall–Kier alpha value is -0.980. The molecule has 6 heteroatoms. The maximum atomic E-state index is 14.0. The molecule has 0 radical (unpaired) electrons. The van der Waals surface area contributed by atoms with Gasteiger partial charge in [-0.25, -0.2) is 4.79 Å². The summed E-state index contributed by atoms with van der Waals surface area (Å²) in [7, 11) is 0. The van der Waals surface area contributed by atoms with Gasteiger partial charge in [0.2, 0.25) is 0 Å². The first-order chi connectivity index (χ1) is 16.3. The maximum absolute atomic E-state index is 14.0. The third-order valence-corrected chi connectivity index (χ3v) is 13.0. The molecule has 3 N–H and O–H groups in total. The van der Waals surface area contributed by atoms with Gasteiger partial charge in [0, 0.05) is 17.8 Å². The highest BCUT2D eigenvalue weighted by Crippen LogP contribution is 2.77. The van der Waals surface area contributed by atoms with Gasteiger partial charge in [0.05, 0.1) is 17.3 Å². The highest BCUT2D eigenvalue weighted by molar-refractivity contribution is 5.89. The molecule has 4 aliphatic carbocycles. The van der Waals surface area contributed by atoms with Crippen molar-refractivity contribution < 1.29 is 29.6 Å². The number of carbonyl (C=O) groups is 2. The summed E-state index contributed by atoms with van der Waals surface area (Å²) in [5, 5.41) is 33.5. The van der Waals surface area contributed by atoms with Gasteiger partial charge in [-0.2, -0.15) is 0 Å². The van der Waals surface area contributed by atoms with Crippen molar-refractivity contribution >= 4 is 11.8 Å². The van der Waals surface area contributed by atoms with E-state index in [0.717, 1.165) is 32.1 Å². The van der Waals surface area contributed by atoms with Crippen molar-refractivity contribution in [2.75, 3.05) is 0 Å². The van der Waals surface area contributed by atoms with E-state index in [4.69, 9.17) is 4.74 Å². The summed E-state index contributed by atoms with van der Waals surface area (Å²) >= 11 is 0. The molecule has 1 aliphatic heterocycles. The molecule has 6 nitrogen and oxygen atoms in total. The summed E-state index contributed by atoms with van der Waals surface area (Å²) in [5.41, 5.74) is -4.89. The van der Waals surface area contributed by atoms with Crippen LogP contribution in [0, 0.1) is 45.3 Å². The molecule has 204 valence electrons. The van der Waals surface area contributed by atoms with Crippen LogP contribution in [0.3, 0.4) is 0 Å². The van der Waals surface area contributed by atoms with Crippen LogP contribution in [-0.2, 0) is 14.3 Å². The molecule has 5 fully saturated rings. The molecular weight excluding hydrogens is 456 g/mol. The maximum Gasteiger partial charge on any atom is 0.336 e. The van der Waals surface area contributed by atoms with Crippen molar-refractivity contribution in [1.82, 2.24) is 0 Å². The van der Waals surface area contributed by atoms with Crippen molar-refractivity contribution in [2.45, 2.75) is 130 Å². The highest BCUT2D eigenvalue weighted by atomic mass is 16.5. The Morgan fingerprint density at radius 1 is 0.972 bits per heavy atom. The van der Waals surface area contributed by atoms with Gasteiger partial charge in [0.25, 0.3) is 0 Å². The molecule has 0 aromatic heterocycles. The molecule has 5 aliphatic rings. The van der Waals surface area contributed by atoms with Crippen LogP contribution >= 0.6 is 0 Å². The van der Waals surface area contributed by atoms with E-state index in [2.05, 4.69) is 34.6 Å². The quantitative estimate of drug-likeness (QED) is 0.490. The summed E-state index contributed by atoms with van der Waals surface area (Å²) in [6.07, 6.45) is 5.45. The Balaban J connectivity index is 1.58. The fourth-order valence-corrected chi connectivity index (χ4v) is 11.4. The van der Waals surface area contributed by atoms with E-state index in [1.54, 1.807) is 13.8 Å². The topological polar surface area (TPSA) is 104 Å². The first-order valence-electron chi connectivity index (χ1n) is 14.2. The second kappa shape index (κ2) is 7.35. The molecule has 1 heterocycles. The second-order valence-electron chi connectivity index (χ2n) is 15.5. The van der Waals surface area contributed by atoms with Gasteiger partial charge in [-0.05, 0) is 99.7 Å². The van der Waals surface area contributed by atoms with Gasteiger partial charge < -0.3 is 20.1 Å². The molecule has 0 bridgehead atoms. The molecule has 1 saturated heterocycles. The van der Waals surface area contributed by atoms with Gasteiger partial charge in [-0.1, -0.05) is 34.6 Å². The number of ether oxygens (including phenoxy) is 1. The van der Waals surface area contributed by atoms with E-state index in [1.165, 1.54) is 0 Å². The molecule has 0 aromatic carbocycles. The third kappa shape index (κ3) is 3.01. The SMILES string of the molecule is CC1(C)CCC[C@](C)([C@H]2CC[C@]3(C)[C@@H]2[C@H](O)C[C@@H]2[C@@]4(C)C[C@](O)(C(=O)O)C(C)(C)[C@@H]4C(=O)C[C@]23C)O1. The molecule has 36 heavy (non-hydrogen) atoms. The Morgan fingerprint density at radius 3 is 2.19 bits per heavy atom. The van der Waals surface area contributed by atoms with Crippen molar-refractivity contribution in [2.24, 2.45) is 45.3 Å². The number of hydrogen-bond acceptors (Lipinski definition) is 5. The standard InChI is InChI=1S/C30H48O6/c1-24(2)11-9-12-29(8,36-24)17-10-13-27(6)21(17)18(31)14-20-26(5)16-30(35,23(33)34)25(3,4)22(26)19(32)15-28(20,27)7/h17-18,20-22,31,35H,9-16H2,1-8H3,(H,33,34)/t17-,18+,20+,21-,22-,26+,27+,28+,29+,30-/m0/s1. The average molecular weight is 505 g/mol. The second-order valence-corrected chi connectivity index (χ2v) is 15.5. The van der Waals surface area contributed by atoms with Crippen LogP contribution in [0.5, 0.6) is 0 Å². The van der Waals surface area contributed by atoms with E-state index >= 15 is 0 Å². The van der Waals surface area contributed by atoms with Gasteiger partial charge in [-0.3, -0.25) is 4.79 Å². The first kappa shape index (κ1) is 26.6. The predicted octanol–water partition coefficient (Wildman–Crippen LogP) is 4.98. The summed E-state index contributed by atoms with van der Waals surface area (Å²) in [6.45, 7) is 16.6. The number of hydrogen-bond donors (Lipinski definition) is 3. The monoisotopic (exact) mass is 504 g/mol. The lowest BCUT2D eigenvalue weighted by molar-refractivity contribution is -0.235. The van der Waals surface area contributed by atoms with E-state index < -0.39 is 34.4 Å². The lowest BCUT2D eigenvalue weighted by Gasteiger charge is -2.66. The Bertz CT molecular complexity index is 988. The summed E-state index contributed by atoms with van der Waals surface area (Å²) in [4.78, 5) is 26.4. The van der Waals surface area contributed by atoms with E-state index in [9.17, 15) is 24.9 Å². The molecular formula is C30H48O6. The van der Waals surface area contributed by atoms with Crippen LogP contribution in [0.15, 0.2) is 0 Å².